The lowest BCUT2D eigenvalue weighted by molar-refractivity contribution is -0.384. The van der Waals surface area contributed by atoms with Crippen molar-refractivity contribution in [3.8, 4) is 0 Å². The summed E-state index contributed by atoms with van der Waals surface area (Å²) in [5.41, 5.74) is 2.65. The number of piperidine rings is 1. The first-order valence-corrected chi connectivity index (χ1v) is 11.0. The molecule has 0 atom stereocenters. The van der Waals surface area contributed by atoms with E-state index in [-0.39, 0.29) is 17.6 Å². The molecular formula is C26H27N3O3. The van der Waals surface area contributed by atoms with Crippen molar-refractivity contribution in [1.82, 2.24) is 4.90 Å². The molecule has 0 radical (unpaired) electrons. The Bertz CT molecular complexity index is 1030. The first-order valence-electron chi connectivity index (χ1n) is 11.0. The first kappa shape index (κ1) is 21.7. The maximum atomic E-state index is 13.5. The molecule has 0 unspecified atom stereocenters. The van der Waals surface area contributed by atoms with E-state index in [0.717, 1.165) is 44.6 Å². The number of para-hydroxylation sites is 1. The number of carbonyl (C=O) groups is 1. The van der Waals surface area contributed by atoms with Crippen molar-refractivity contribution in [3.63, 3.8) is 0 Å². The molecule has 1 amide bonds. The Labute approximate surface area is 188 Å². The molecule has 32 heavy (non-hydrogen) atoms. The highest BCUT2D eigenvalue weighted by Crippen LogP contribution is 2.26. The van der Waals surface area contributed by atoms with Crippen LogP contribution in [0.5, 0.6) is 0 Å². The fourth-order valence-electron chi connectivity index (χ4n) is 4.28. The molecule has 4 rings (SSSR count). The molecule has 0 aromatic heterocycles. The molecule has 1 aliphatic rings. The number of hydrogen-bond donors (Lipinski definition) is 0. The Balaban J connectivity index is 1.46. The minimum atomic E-state index is -0.450. The molecule has 1 aliphatic heterocycles. The van der Waals surface area contributed by atoms with Gasteiger partial charge in [-0.2, -0.15) is 0 Å². The Morgan fingerprint density at radius 1 is 0.906 bits per heavy atom. The average Bonchev–Trinajstić information content (AvgIpc) is 2.85. The van der Waals surface area contributed by atoms with Crippen molar-refractivity contribution in [2.75, 3.05) is 24.5 Å². The van der Waals surface area contributed by atoms with Gasteiger partial charge in [-0.05, 0) is 49.1 Å². The molecule has 164 valence electrons. The lowest BCUT2D eigenvalue weighted by Crippen LogP contribution is -2.48. The number of nitro benzene ring substituents is 1. The van der Waals surface area contributed by atoms with Gasteiger partial charge < -0.3 is 9.80 Å². The largest absolute Gasteiger partial charge is 0.305 e. The van der Waals surface area contributed by atoms with Gasteiger partial charge in [-0.1, -0.05) is 48.5 Å². The van der Waals surface area contributed by atoms with Crippen LogP contribution in [0.25, 0.3) is 0 Å². The number of amides is 1. The van der Waals surface area contributed by atoms with Crippen molar-refractivity contribution in [2.45, 2.75) is 25.3 Å². The maximum Gasteiger partial charge on any atom is 0.269 e. The molecule has 0 spiro atoms. The quantitative estimate of drug-likeness (QED) is 0.394. The number of non-ortho nitro benzene ring substituents is 1. The maximum absolute atomic E-state index is 13.5. The number of hydrogen-bond acceptors (Lipinski definition) is 4. The Hall–Kier alpha value is -3.51. The van der Waals surface area contributed by atoms with E-state index in [1.807, 2.05) is 41.3 Å². The molecule has 0 bridgehead atoms. The summed E-state index contributed by atoms with van der Waals surface area (Å²) in [6.45, 7) is 2.89. The van der Waals surface area contributed by atoms with Gasteiger partial charge in [0.25, 0.3) is 11.6 Å². The third-order valence-electron chi connectivity index (χ3n) is 6.06. The van der Waals surface area contributed by atoms with E-state index in [0.29, 0.717) is 5.56 Å². The van der Waals surface area contributed by atoms with Crippen molar-refractivity contribution in [3.05, 3.63) is 106 Å². The summed E-state index contributed by atoms with van der Waals surface area (Å²) in [5, 5.41) is 11.0. The normalized spacial score (nSPS) is 14.8. The van der Waals surface area contributed by atoms with Gasteiger partial charge in [0.05, 0.1) is 4.92 Å². The smallest absolute Gasteiger partial charge is 0.269 e. The van der Waals surface area contributed by atoms with Gasteiger partial charge in [-0.15, -0.1) is 0 Å². The molecule has 0 N–H and O–H groups in total. The van der Waals surface area contributed by atoms with Crippen LogP contribution in [-0.4, -0.2) is 41.4 Å². The topological polar surface area (TPSA) is 66.7 Å². The standard InChI is InChI=1S/C26H27N3O3/c30-26(22-11-13-25(14-12-22)29(31)32)28(23-9-5-2-6-10-23)24-16-19-27(20-17-24)18-15-21-7-3-1-4-8-21/h1-14,24H,15-20H2. The summed E-state index contributed by atoms with van der Waals surface area (Å²) >= 11 is 0. The number of carbonyl (C=O) groups excluding carboxylic acids is 1. The highest BCUT2D eigenvalue weighted by Gasteiger charge is 2.30. The molecule has 1 saturated heterocycles. The van der Waals surface area contributed by atoms with Crippen LogP contribution in [-0.2, 0) is 6.42 Å². The number of nitrogens with zero attached hydrogens (tertiary/aromatic N) is 3. The molecule has 3 aromatic carbocycles. The SMILES string of the molecule is O=C(c1ccc([N+](=O)[O-])cc1)N(c1ccccc1)C1CCN(CCc2ccccc2)CC1. The van der Waals surface area contributed by atoms with E-state index in [1.165, 1.54) is 17.7 Å². The van der Waals surface area contributed by atoms with Crippen LogP contribution in [0.2, 0.25) is 0 Å². The van der Waals surface area contributed by atoms with Crippen molar-refractivity contribution < 1.29 is 9.72 Å². The lowest BCUT2D eigenvalue weighted by Gasteiger charge is -2.38. The second-order valence-electron chi connectivity index (χ2n) is 8.12. The monoisotopic (exact) mass is 429 g/mol. The zero-order chi connectivity index (χ0) is 22.3. The van der Waals surface area contributed by atoms with Gasteiger partial charge in [0.1, 0.15) is 0 Å². The zero-order valence-electron chi connectivity index (χ0n) is 18.0. The van der Waals surface area contributed by atoms with Crippen LogP contribution in [0.4, 0.5) is 11.4 Å². The summed E-state index contributed by atoms with van der Waals surface area (Å²) < 4.78 is 0. The van der Waals surface area contributed by atoms with Crippen LogP contribution in [0.15, 0.2) is 84.9 Å². The minimum absolute atomic E-state index is 0.0143. The Morgan fingerprint density at radius 3 is 2.09 bits per heavy atom. The van der Waals surface area contributed by atoms with E-state index in [9.17, 15) is 14.9 Å². The van der Waals surface area contributed by atoms with Crippen molar-refractivity contribution >= 4 is 17.3 Å². The van der Waals surface area contributed by atoms with E-state index in [4.69, 9.17) is 0 Å². The average molecular weight is 430 g/mol. The minimum Gasteiger partial charge on any atom is -0.305 e. The second-order valence-corrected chi connectivity index (χ2v) is 8.12. The molecule has 0 saturated carbocycles. The third kappa shape index (κ3) is 5.21. The van der Waals surface area contributed by atoms with Crippen LogP contribution >= 0.6 is 0 Å². The van der Waals surface area contributed by atoms with Crippen LogP contribution in [0.3, 0.4) is 0 Å². The third-order valence-corrected chi connectivity index (χ3v) is 6.06. The molecule has 6 heteroatoms. The summed E-state index contributed by atoms with van der Waals surface area (Å²) in [4.78, 5) is 28.3. The summed E-state index contributed by atoms with van der Waals surface area (Å²) in [6, 6.07) is 26.2. The molecule has 1 heterocycles. The number of nitro groups is 1. The fourth-order valence-corrected chi connectivity index (χ4v) is 4.28. The summed E-state index contributed by atoms with van der Waals surface area (Å²) in [5.74, 6) is -0.117. The van der Waals surface area contributed by atoms with Gasteiger partial charge >= 0.3 is 0 Å². The number of anilines is 1. The predicted molar refractivity (Wildman–Crippen MR) is 126 cm³/mol. The van der Waals surface area contributed by atoms with Gasteiger partial charge in [0.15, 0.2) is 0 Å². The Morgan fingerprint density at radius 2 is 1.50 bits per heavy atom. The molecular weight excluding hydrogens is 402 g/mol. The van der Waals surface area contributed by atoms with Gasteiger partial charge in [0.2, 0.25) is 0 Å². The number of benzene rings is 3. The van der Waals surface area contributed by atoms with E-state index in [1.54, 1.807) is 12.1 Å². The van der Waals surface area contributed by atoms with Crippen molar-refractivity contribution in [2.24, 2.45) is 0 Å². The zero-order valence-corrected chi connectivity index (χ0v) is 18.0. The predicted octanol–water partition coefficient (Wildman–Crippen LogP) is 4.95. The summed E-state index contributed by atoms with van der Waals surface area (Å²) in [6.07, 6.45) is 2.81. The van der Waals surface area contributed by atoms with E-state index in [2.05, 4.69) is 29.2 Å². The molecule has 3 aromatic rings. The van der Waals surface area contributed by atoms with Gasteiger partial charge in [-0.25, -0.2) is 0 Å². The number of rotatable bonds is 7. The van der Waals surface area contributed by atoms with Crippen LogP contribution < -0.4 is 4.90 Å². The number of likely N-dealkylation sites (tertiary alicyclic amines) is 1. The second kappa shape index (κ2) is 10.2. The van der Waals surface area contributed by atoms with E-state index < -0.39 is 4.92 Å². The highest BCUT2D eigenvalue weighted by atomic mass is 16.6. The molecule has 0 aliphatic carbocycles. The van der Waals surface area contributed by atoms with Crippen LogP contribution in [0, 0.1) is 10.1 Å². The lowest BCUT2D eigenvalue weighted by atomic mass is 10.00. The fraction of sp³-hybridized carbons (Fsp3) is 0.269. The van der Waals surface area contributed by atoms with Gasteiger partial charge in [-0.3, -0.25) is 14.9 Å². The Kier molecular flexibility index (Phi) is 6.92. The molecule has 1 fully saturated rings. The van der Waals surface area contributed by atoms with Crippen molar-refractivity contribution in [1.29, 1.82) is 0 Å². The van der Waals surface area contributed by atoms with Crippen LogP contribution in [0.1, 0.15) is 28.8 Å². The van der Waals surface area contributed by atoms with Gasteiger partial charge in [0, 0.05) is 49.1 Å². The molecule has 6 nitrogen and oxygen atoms in total. The summed E-state index contributed by atoms with van der Waals surface area (Å²) in [7, 11) is 0. The highest BCUT2D eigenvalue weighted by molar-refractivity contribution is 6.06. The first-order chi connectivity index (χ1) is 15.6. The van der Waals surface area contributed by atoms with E-state index >= 15 is 0 Å².